The molecule has 0 aromatic rings. The number of terminal acetylenes is 1. The predicted molar refractivity (Wildman–Crippen MR) is 63.9 cm³/mol. The van der Waals surface area contributed by atoms with Gasteiger partial charge in [0.25, 0.3) is 0 Å². The van der Waals surface area contributed by atoms with Gasteiger partial charge in [-0.05, 0) is 54.9 Å². The highest BCUT2D eigenvalue weighted by molar-refractivity contribution is 5.68. The van der Waals surface area contributed by atoms with Gasteiger partial charge in [0.15, 0.2) is 0 Å². The lowest BCUT2D eigenvalue weighted by molar-refractivity contribution is -0.159. The van der Waals surface area contributed by atoms with Gasteiger partial charge in [-0.25, -0.2) is 0 Å². The van der Waals surface area contributed by atoms with Crippen molar-refractivity contribution >= 4 is 5.97 Å². The van der Waals surface area contributed by atoms with E-state index in [4.69, 9.17) is 17.3 Å². The molecule has 0 aromatic heterocycles. The summed E-state index contributed by atoms with van der Waals surface area (Å²) in [5, 5.41) is 9.12. The van der Waals surface area contributed by atoms with E-state index in [0.29, 0.717) is 36.1 Å². The average Bonchev–Trinajstić information content (AvgIpc) is 2.45. The van der Waals surface area contributed by atoms with Crippen molar-refractivity contribution in [1.82, 2.24) is 0 Å². The van der Waals surface area contributed by atoms with E-state index >= 15 is 0 Å². The van der Waals surface area contributed by atoms with Crippen molar-refractivity contribution in [3.63, 3.8) is 0 Å². The summed E-state index contributed by atoms with van der Waals surface area (Å²) < 4.78 is 0. The van der Waals surface area contributed by atoms with Gasteiger partial charge in [-0.2, -0.15) is 0 Å². The molecule has 3 rings (SSSR count). The van der Waals surface area contributed by atoms with E-state index in [9.17, 15) is 4.79 Å². The van der Waals surface area contributed by atoms with Crippen LogP contribution in [0.4, 0.5) is 0 Å². The van der Waals surface area contributed by atoms with E-state index < -0.39 is 5.97 Å². The number of carbonyl (C=O) groups is 1. The fourth-order valence-corrected chi connectivity index (χ4v) is 5.22. The third-order valence-electron chi connectivity index (χ3n) is 5.79. The van der Waals surface area contributed by atoms with Gasteiger partial charge in [0.05, 0.1) is 6.42 Å². The molecule has 3 N–H and O–H groups in total. The Kier molecular flexibility index (Phi) is 2.28. The number of carboxylic acid groups (broad SMARTS) is 1. The lowest BCUT2D eigenvalue weighted by Gasteiger charge is -2.60. The zero-order valence-electron chi connectivity index (χ0n) is 9.93. The lowest BCUT2D eigenvalue weighted by atomic mass is 9.44. The van der Waals surface area contributed by atoms with E-state index in [0.717, 1.165) is 12.8 Å². The first-order valence-electron chi connectivity index (χ1n) is 6.52. The monoisotopic (exact) mass is 233 g/mol. The van der Waals surface area contributed by atoms with Crippen LogP contribution < -0.4 is 5.73 Å². The van der Waals surface area contributed by atoms with Crippen LogP contribution in [0.5, 0.6) is 0 Å². The van der Waals surface area contributed by atoms with Gasteiger partial charge in [0.2, 0.25) is 0 Å². The second-order valence-corrected chi connectivity index (χ2v) is 6.06. The van der Waals surface area contributed by atoms with Crippen LogP contribution in [-0.2, 0) is 4.79 Å². The van der Waals surface area contributed by atoms with E-state index in [1.165, 1.54) is 6.42 Å². The zero-order valence-corrected chi connectivity index (χ0v) is 9.93. The SMILES string of the molecule is C#C[C@H]1[C@H]2CC[C@H]3[C@@H]1[C@@H](C2)[C@@]3(CN)CC(=O)O. The Morgan fingerprint density at radius 1 is 1.47 bits per heavy atom. The molecule has 0 aromatic carbocycles. The van der Waals surface area contributed by atoms with Crippen molar-refractivity contribution in [2.75, 3.05) is 6.54 Å². The standard InChI is InChI=1S/C14H19NO2/c1-2-9-8-3-4-10-13(9)11(5-8)14(10,7-15)6-12(16)17/h1,8-11,13H,3-7,15H2,(H,16,17)/t8-,9-,10-,11+,13+,14+/m0/s1. The summed E-state index contributed by atoms with van der Waals surface area (Å²) >= 11 is 0. The molecule has 0 radical (unpaired) electrons. The molecule has 0 unspecified atom stereocenters. The molecule has 3 heteroatoms. The maximum Gasteiger partial charge on any atom is 0.303 e. The second-order valence-electron chi connectivity index (χ2n) is 6.06. The second kappa shape index (κ2) is 3.49. The molecule has 0 heterocycles. The number of hydrogen-bond acceptors (Lipinski definition) is 2. The first kappa shape index (κ1) is 11.1. The third-order valence-corrected chi connectivity index (χ3v) is 5.79. The molecule has 3 fully saturated rings. The molecule has 17 heavy (non-hydrogen) atoms. The minimum absolute atomic E-state index is 0.142. The Morgan fingerprint density at radius 3 is 2.82 bits per heavy atom. The van der Waals surface area contributed by atoms with Gasteiger partial charge in [0.1, 0.15) is 0 Å². The predicted octanol–water partition coefficient (Wildman–Crippen LogP) is 1.33. The van der Waals surface area contributed by atoms with Gasteiger partial charge in [-0.3, -0.25) is 4.79 Å². The van der Waals surface area contributed by atoms with Crippen molar-refractivity contribution in [2.24, 2.45) is 40.7 Å². The zero-order chi connectivity index (χ0) is 12.2. The van der Waals surface area contributed by atoms with Gasteiger partial charge in [-0.1, -0.05) is 0 Å². The van der Waals surface area contributed by atoms with Crippen LogP contribution in [0.3, 0.4) is 0 Å². The first-order chi connectivity index (χ1) is 8.14. The largest absolute Gasteiger partial charge is 0.481 e. The number of rotatable bonds is 3. The molecule has 3 saturated carbocycles. The topological polar surface area (TPSA) is 63.3 Å². The van der Waals surface area contributed by atoms with Gasteiger partial charge in [-0.15, -0.1) is 12.3 Å². The summed E-state index contributed by atoms with van der Waals surface area (Å²) in [7, 11) is 0. The highest BCUT2D eigenvalue weighted by atomic mass is 16.4. The van der Waals surface area contributed by atoms with Crippen LogP contribution in [0.1, 0.15) is 25.7 Å². The van der Waals surface area contributed by atoms with Crippen LogP contribution in [0.15, 0.2) is 0 Å². The Labute approximate surface area is 102 Å². The maximum atomic E-state index is 11.1. The van der Waals surface area contributed by atoms with Crippen LogP contribution in [0, 0.1) is 47.3 Å². The van der Waals surface area contributed by atoms with Crippen molar-refractivity contribution in [1.29, 1.82) is 0 Å². The minimum Gasteiger partial charge on any atom is -0.481 e. The van der Waals surface area contributed by atoms with Crippen LogP contribution >= 0.6 is 0 Å². The molecular weight excluding hydrogens is 214 g/mol. The Hall–Kier alpha value is -1.01. The smallest absolute Gasteiger partial charge is 0.303 e. The molecular formula is C14H19NO2. The Balaban J connectivity index is 1.92. The number of nitrogens with two attached hydrogens (primary N) is 1. The van der Waals surface area contributed by atoms with Crippen LogP contribution in [-0.4, -0.2) is 17.6 Å². The van der Waals surface area contributed by atoms with Crippen LogP contribution in [0.2, 0.25) is 0 Å². The fourth-order valence-electron chi connectivity index (χ4n) is 5.22. The number of carboxylic acids is 1. The molecule has 6 atom stereocenters. The number of aliphatic carboxylic acids is 1. The maximum absolute atomic E-state index is 11.1. The van der Waals surface area contributed by atoms with Gasteiger partial charge >= 0.3 is 5.97 Å². The van der Waals surface area contributed by atoms with Gasteiger partial charge < -0.3 is 10.8 Å². The third kappa shape index (κ3) is 1.20. The normalized spacial score (nSPS) is 50.5. The summed E-state index contributed by atoms with van der Waals surface area (Å²) in [4.78, 5) is 11.1. The Morgan fingerprint density at radius 2 is 2.24 bits per heavy atom. The lowest BCUT2D eigenvalue weighted by Crippen LogP contribution is -2.60. The summed E-state index contributed by atoms with van der Waals surface area (Å²) in [6.45, 7) is 0.509. The molecule has 0 aliphatic heterocycles. The molecule has 3 aliphatic carbocycles. The average molecular weight is 233 g/mol. The highest BCUT2D eigenvalue weighted by Crippen LogP contribution is 2.72. The van der Waals surface area contributed by atoms with E-state index in [2.05, 4.69) is 5.92 Å². The summed E-state index contributed by atoms with van der Waals surface area (Å²) in [6, 6.07) is 0. The van der Waals surface area contributed by atoms with Crippen molar-refractivity contribution < 1.29 is 9.90 Å². The quantitative estimate of drug-likeness (QED) is 0.723. The first-order valence-corrected chi connectivity index (χ1v) is 6.52. The van der Waals surface area contributed by atoms with Gasteiger partial charge in [0, 0.05) is 5.92 Å². The Bertz CT molecular complexity index is 392. The molecule has 0 spiro atoms. The van der Waals surface area contributed by atoms with Crippen molar-refractivity contribution in [2.45, 2.75) is 25.7 Å². The molecule has 3 aliphatic rings. The van der Waals surface area contributed by atoms with Crippen LogP contribution in [0.25, 0.3) is 0 Å². The molecule has 0 amide bonds. The van der Waals surface area contributed by atoms with Crippen molar-refractivity contribution in [3.05, 3.63) is 0 Å². The van der Waals surface area contributed by atoms with E-state index in [-0.39, 0.29) is 11.8 Å². The molecule has 92 valence electrons. The summed E-state index contributed by atoms with van der Waals surface area (Å²) in [5.41, 5.74) is 5.79. The minimum atomic E-state index is -0.707. The summed E-state index contributed by atoms with van der Waals surface area (Å²) in [5.74, 6) is 4.79. The molecule has 2 bridgehead atoms. The molecule has 0 saturated heterocycles. The van der Waals surface area contributed by atoms with E-state index in [1.807, 2.05) is 0 Å². The molecule has 3 nitrogen and oxygen atoms in total. The number of fused-ring (bicyclic) bond motifs is 1. The summed E-state index contributed by atoms with van der Waals surface area (Å²) in [6.07, 6.45) is 9.30. The number of hydrogen-bond donors (Lipinski definition) is 2. The highest BCUT2D eigenvalue weighted by Gasteiger charge is 2.69. The van der Waals surface area contributed by atoms with Crippen molar-refractivity contribution in [3.8, 4) is 12.3 Å². The fraction of sp³-hybridized carbons (Fsp3) is 0.786. The van der Waals surface area contributed by atoms with E-state index in [1.54, 1.807) is 0 Å².